The second-order valence-corrected chi connectivity index (χ2v) is 5.63. The normalized spacial score (nSPS) is 15.2. The summed E-state index contributed by atoms with van der Waals surface area (Å²) in [6, 6.07) is 2.20. The third kappa shape index (κ3) is 4.00. The highest BCUT2D eigenvalue weighted by atomic mass is 32.1. The van der Waals surface area contributed by atoms with E-state index >= 15 is 0 Å². The molecule has 0 fully saturated rings. The molecule has 0 atom stereocenters. The molecule has 0 aliphatic heterocycles. The zero-order chi connectivity index (χ0) is 12.3. The van der Waals surface area contributed by atoms with Crippen LogP contribution in [0.15, 0.2) is 6.07 Å². The fourth-order valence-electron chi connectivity index (χ4n) is 2.10. The molecule has 0 aromatic carbocycles. The van der Waals surface area contributed by atoms with E-state index in [9.17, 15) is 13.2 Å². The summed E-state index contributed by atoms with van der Waals surface area (Å²) in [5.74, 6) is 0. The molecule has 1 aliphatic rings. The van der Waals surface area contributed by atoms with E-state index in [0.717, 1.165) is 0 Å². The Labute approximate surface area is 103 Å². The van der Waals surface area contributed by atoms with Crippen LogP contribution >= 0.6 is 11.3 Å². The Morgan fingerprint density at radius 1 is 1.29 bits per heavy atom. The van der Waals surface area contributed by atoms with Crippen LogP contribution in [0.2, 0.25) is 0 Å². The number of aryl methyl sites for hydroxylation is 2. The fraction of sp³-hybridized carbons (Fsp3) is 0.667. The van der Waals surface area contributed by atoms with Gasteiger partial charge >= 0.3 is 6.18 Å². The van der Waals surface area contributed by atoms with Gasteiger partial charge in [0.1, 0.15) is 0 Å². The van der Waals surface area contributed by atoms with Crippen molar-refractivity contribution < 1.29 is 13.2 Å². The lowest BCUT2D eigenvalue weighted by molar-refractivity contribution is -0.135. The maximum Gasteiger partial charge on any atom is 0.389 e. The number of halogens is 3. The maximum atomic E-state index is 11.9. The van der Waals surface area contributed by atoms with E-state index in [2.05, 4.69) is 11.4 Å². The quantitative estimate of drug-likeness (QED) is 0.799. The fourth-order valence-corrected chi connectivity index (χ4v) is 3.33. The molecule has 0 bridgehead atoms. The highest BCUT2D eigenvalue weighted by Gasteiger charge is 2.25. The van der Waals surface area contributed by atoms with Gasteiger partial charge in [-0.2, -0.15) is 13.2 Å². The number of hydrogen-bond donors (Lipinski definition) is 1. The number of rotatable bonds is 5. The van der Waals surface area contributed by atoms with E-state index in [4.69, 9.17) is 0 Å². The van der Waals surface area contributed by atoms with Crippen LogP contribution in [0.1, 0.15) is 34.6 Å². The highest BCUT2D eigenvalue weighted by Crippen LogP contribution is 2.30. The molecule has 1 aliphatic carbocycles. The molecule has 1 aromatic heterocycles. The van der Waals surface area contributed by atoms with Crippen molar-refractivity contribution in [3.8, 4) is 0 Å². The van der Waals surface area contributed by atoms with Crippen molar-refractivity contribution in [3.63, 3.8) is 0 Å². The minimum atomic E-state index is -4.02. The summed E-state index contributed by atoms with van der Waals surface area (Å²) in [7, 11) is 0. The lowest BCUT2D eigenvalue weighted by Gasteiger charge is -2.06. The first kappa shape index (κ1) is 12.9. The molecule has 5 heteroatoms. The molecular formula is C12H16F3NS. The summed E-state index contributed by atoms with van der Waals surface area (Å²) in [5.41, 5.74) is 1.45. The molecule has 2 rings (SSSR count). The molecule has 0 saturated heterocycles. The van der Waals surface area contributed by atoms with Crippen molar-refractivity contribution in [1.29, 1.82) is 0 Å². The molecule has 17 heavy (non-hydrogen) atoms. The Kier molecular flexibility index (Phi) is 4.09. The van der Waals surface area contributed by atoms with Crippen molar-refractivity contribution in [2.24, 2.45) is 0 Å². The second-order valence-electron chi connectivity index (χ2n) is 4.41. The smallest absolute Gasteiger partial charge is 0.312 e. The molecule has 0 radical (unpaired) electrons. The van der Waals surface area contributed by atoms with E-state index in [1.165, 1.54) is 34.6 Å². The highest BCUT2D eigenvalue weighted by molar-refractivity contribution is 7.12. The van der Waals surface area contributed by atoms with Crippen molar-refractivity contribution in [2.75, 3.05) is 6.54 Å². The second kappa shape index (κ2) is 5.40. The van der Waals surface area contributed by atoms with Crippen LogP contribution in [-0.2, 0) is 19.4 Å². The molecular weight excluding hydrogens is 247 g/mol. The van der Waals surface area contributed by atoms with Gasteiger partial charge in [-0.1, -0.05) is 0 Å². The van der Waals surface area contributed by atoms with Crippen LogP contribution in [0.4, 0.5) is 13.2 Å². The van der Waals surface area contributed by atoms with Gasteiger partial charge in [-0.05, 0) is 43.9 Å². The SMILES string of the molecule is FC(F)(F)CCCNCc1cc2c(s1)CCC2. The lowest BCUT2D eigenvalue weighted by Crippen LogP contribution is -2.17. The topological polar surface area (TPSA) is 12.0 Å². The average Bonchev–Trinajstić information content (AvgIpc) is 2.75. The van der Waals surface area contributed by atoms with Gasteiger partial charge in [-0.25, -0.2) is 0 Å². The molecule has 1 N–H and O–H groups in total. The number of alkyl halides is 3. The van der Waals surface area contributed by atoms with Crippen LogP contribution < -0.4 is 5.32 Å². The summed E-state index contributed by atoms with van der Waals surface area (Å²) in [6.45, 7) is 1.14. The first-order valence-electron chi connectivity index (χ1n) is 5.92. The summed E-state index contributed by atoms with van der Waals surface area (Å²) >= 11 is 1.80. The molecule has 0 amide bonds. The van der Waals surface area contributed by atoms with Gasteiger partial charge < -0.3 is 5.32 Å². The average molecular weight is 263 g/mol. The van der Waals surface area contributed by atoms with Crippen molar-refractivity contribution >= 4 is 11.3 Å². The van der Waals surface area contributed by atoms with E-state index < -0.39 is 12.6 Å². The van der Waals surface area contributed by atoms with E-state index in [-0.39, 0.29) is 6.42 Å². The van der Waals surface area contributed by atoms with Gasteiger partial charge in [0.25, 0.3) is 0 Å². The minimum absolute atomic E-state index is 0.161. The zero-order valence-electron chi connectivity index (χ0n) is 9.57. The van der Waals surface area contributed by atoms with Crippen LogP contribution in [0.5, 0.6) is 0 Å². The van der Waals surface area contributed by atoms with Crippen LogP contribution in [0.25, 0.3) is 0 Å². The molecule has 0 spiro atoms. The predicted octanol–water partition coefficient (Wildman–Crippen LogP) is 3.67. The Balaban J connectivity index is 1.65. The molecule has 1 aromatic rings. The van der Waals surface area contributed by atoms with E-state index in [1.807, 2.05) is 0 Å². The molecule has 0 saturated carbocycles. The Morgan fingerprint density at radius 3 is 2.82 bits per heavy atom. The van der Waals surface area contributed by atoms with Crippen LogP contribution in [-0.4, -0.2) is 12.7 Å². The van der Waals surface area contributed by atoms with Gasteiger partial charge in [0.05, 0.1) is 0 Å². The third-order valence-electron chi connectivity index (χ3n) is 2.91. The Bertz CT molecular complexity index is 349. The molecule has 1 heterocycles. The van der Waals surface area contributed by atoms with E-state index in [0.29, 0.717) is 13.1 Å². The summed E-state index contributed by atoms with van der Waals surface area (Å²) in [5, 5.41) is 3.07. The van der Waals surface area contributed by atoms with E-state index in [1.54, 1.807) is 11.3 Å². The van der Waals surface area contributed by atoms with Gasteiger partial charge in [0.15, 0.2) is 0 Å². The van der Waals surface area contributed by atoms with Gasteiger partial charge in [-0.15, -0.1) is 11.3 Å². The number of fused-ring (bicyclic) bond motifs is 1. The largest absolute Gasteiger partial charge is 0.389 e. The zero-order valence-corrected chi connectivity index (χ0v) is 10.4. The van der Waals surface area contributed by atoms with Gasteiger partial charge in [0.2, 0.25) is 0 Å². The predicted molar refractivity (Wildman–Crippen MR) is 63.3 cm³/mol. The lowest BCUT2D eigenvalue weighted by atomic mass is 10.2. The molecule has 96 valence electrons. The van der Waals surface area contributed by atoms with Gasteiger partial charge in [0, 0.05) is 22.7 Å². The van der Waals surface area contributed by atoms with Crippen LogP contribution in [0.3, 0.4) is 0 Å². The summed E-state index contributed by atoms with van der Waals surface area (Å²) in [4.78, 5) is 2.72. The number of nitrogens with one attached hydrogen (secondary N) is 1. The first-order valence-corrected chi connectivity index (χ1v) is 6.74. The summed E-state index contributed by atoms with van der Waals surface area (Å²) in [6.07, 6.45) is -0.963. The maximum absolute atomic E-state index is 11.9. The molecule has 0 unspecified atom stereocenters. The van der Waals surface area contributed by atoms with Gasteiger partial charge in [-0.3, -0.25) is 0 Å². The van der Waals surface area contributed by atoms with Crippen molar-refractivity contribution in [1.82, 2.24) is 5.32 Å². The standard InChI is InChI=1S/C12H16F3NS/c13-12(14,15)5-2-6-16-8-10-7-9-3-1-4-11(9)17-10/h7,16H,1-6,8H2. The molecule has 1 nitrogen and oxygen atoms in total. The monoisotopic (exact) mass is 263 g/mol. The number of hydrogen-bond acceptors (Lipinski definition) is 2. The first-order chi connectivity index (χ1) is 8.04. The van der Waals surface area contributed by atoms with Crippen molar-refractivity contribution in [2.45, 2.75) is 44.8 Å². The number of thiophene rings is 1. The Morgan fingerprint density at radius 2 is 2.12 bits per heavy atom. The summed E-state index contributed by atoms with van der Waals surface area (Å²) < 4.78 is 35.7. The van der Waals surface area contributed by atoms with Crippen LogP contribution in [0, 0.1) is 0 Å². The van der Waals surface area contributed by atoms with Crippen molar-refractivity contribution in [3.05, 3.63) is 21.4 Å². The minimum Gasteiger partial charge on any atom is -0.312 e. The Hall–Kier alpha value is -0.550. The third-order valence-corrected chi connectivity index (χ3v) is 4.15.